The molecule has 0 aliphatic carbocycles. The fourth-order valence-corrected chi connectivity index (χ4v) is 4.32. The Hall–Kier alpha value is -0.480. The van der Waals surface area contributed by atoms with Crippen LogP contribution in [0.2, 0.25) is 0 Å². The standard InChI is InChI=1S/C13H19NOS2/c1-2-3-4-7-12(15)14-8-10-17-13(14)11-6-5-9-16-11/h5-6,9,13H,2-4,7-8,10H2,1H3/t13-/m1/s1. The SMILES string of the molecule is CCCCCC(=O)N1CCS[C@@H]1c1cccs1. The molecule has 0 N–H and O–H groups in total. The lowest BCUT2D eigenvalue weighted by molar-refractivity contribution is -0.131. The van der Waals surface area contributed by atoms with Crippen LogP contribution in [0.25, 0.3) is 0 Å². The summed E-state index contributed by atoms with van der Waals surface area (Å²) in [7, 11) is 0. The first-order chi connectivity index (χ1) is 8.33. The number of unbranched alkanes of at least 4 members (excludes halogenated alkanes) is 2. The van der Waals surface area contributed by atoms with E-state index in [0.29, 0.717) is 5.91 Å². The highest BCUT2D eigenvalue weighted by Crippen LogP contribution is 2.40. The molecule has 0 bridgehead atoms. The molecule has 0 spiro atoms. The van der Waals surface area contributed by atoms with E-state index in [2.05, 4.69) is 29.3 Å². The molecule has 4 heteroatoms. The Balaban J connectivity index is 1.93. The Labute approximate surface area is 111 Å². The molecule has 2 rings (SSSR count). The van der Waals surface area contributed by atoms with Gasteiger partial charge in [-0.25, -0.2) is 0 Å². The molecular formula is C13H19NOS2. The quantitative estimate of drug-likeness (QED) is 0.756. The number of amides is 1. The van der Waals surface area contributed by atoms with Crippen LogP contribution in [0.4, 0.5) is 0 Å². The summed E-state index contributed by atoms with van der Waals surface area (Å²) in [6.07, 6.45) is 4.09. The lowest BCUT2D eigenvalue weighted by Gasteiger charge is -2.22. The van der Waals surface area contributed by atoms with Crippen LogP contribution in [-0.4, -0.2) is 23.1 Å². The van der Waals surface area contributed by atoms with Crippen molar-refractivity contribution in [1.29, 1.82) is 0 Å². The number of hydrogen-bond acceptors (Lipinski definition) is 3. The van der Waals surface area contributed by atoms with Gasteiger partial charge < -0.3 is 4.90 Å². The molecule has 1 aliphatic rings. The third kappa shape index (κ3) is 3.26. The van der Waals surface area contributed by atoms with Gasteiger partial charge in [-0.2, -0.15) is 0 Å². The lowest BCUT2D eigenvalue weighted by atomic mass is 10.2. The third-order valence-corrected chi connectivity index (χ3v) is 5.31. The van der Waals surface area contributed by atoms with Gasteiger partial charge >= 0.3 is 0 Å². The van der Waals surface area contributed by atoms with E-state index in [1.54, 1.807) is 11.3 Å². The monoisotopic (exact) mass is 269 g/mol. The third-order valence-electron chi connectivity index (χ3n) is 2.99. The second-order valence-corrected chi connectivity index (χ2v) is 6.45. The van der Waals surface area contributed by atoms with Crippen LogP contribution in [0.5, 0.6) is 0 Å². The van der Waals surface area contributed by atoms with Gasteiger partial charge in [0.15, 0.2) is 0 Å². The van der Waals surface area contributed by atoms with Gasteiger partial charge in [0.1, 0.15) is 5.37 Å². The number of nitrogens with zero attached hydrogens (tertiary/aromatic N) is 1. The van der Waals surface area contributed by atoms with E-state index in [0.717, 1.165) is 31.6 Å². The van der Waals surface area contributed by atoms with Gasteiger partial charge in [0, 0.05) is 23.6 Å². The first-order valence-electron chi connectivity index (χ1n) is 6.27. The van der Waals surface area contributed by atoms with Crippen LogP contribution >= 0.6 is 23.1 Å². The number of thioether (sulfide) groups is 1. The molecule has 1 amide bonds. The summed E-state index contributed by atoms with van der Waals surface area (Å²) in [5.41, 5.74) is 0. The maximum absolute atomic E-state index is 12.1. The van der Waals surface area contributed by atoms with Crippen LogP contribution in [0.1, 0.15) is 42.9 Å². The Morgan fingerprint density at radius 3 is 3.12 bits per heavy atom. The minimum absolute atomic E-state index is 0.282. The van der Waals surface area contributed by atoms with Gasteiger partial charge in [-0.15, -0.1) is 23.1 Å². The first-order valence-corrected chi connectivity index (χ1v) is 8.20. The zero-order chi connectivity index (χ0) is 12.1. The lowest BCUT2D eigenvalue weighted by Crippen LogP contribution is -2.29. The van der Waals surface area contributed by atoms with Gasteiger partial charge in [-0.3, -0.25) is 4.79 Å². The van der Waals surface area contributed by atoms with Crippen molar-refractivity contribution in [3.05, 3.63) is 22.4 Å². The van der Waals surface area contributed by atoms with E-state index in [1.165, 1.54) is 11.3 Å². The Kier molecular flexibility index (Phi) is 4.92. The summed E-state index contributed by atoms with van der Waals surface area (Å²) in [5, 5.41) is 2.37. The molecule has 0 radical (unpaired) electrons. The Morgan fingerprint density at radius 1 is 1.53 bits per heavy atom. The average Bonchev–Trinajstić information content (AvgIpc) is 2.99. The minimum atomic E-state index is 0.282. The smallest absolute Gasteiger partial charge is 0.223 e. The Bertz CT molecular complexity index is 350. The zero-order valence-electron chi connectivity index (χ0n) is 10.2. The summed E-state index contributed by atoms with van der Waals surface area (Å²) < 4.78 is 0. The minimum Gasteiger partial charge on any atom is -0.325 e. The predicted octanol–water partition coefficient (Wildman–Crippen LogP) is 3.90. The molecule has 2 nitrogen and oxygen atoms in total. The molecule has 94 valence electrons. The molecule has 1 saturated heterocycles. The van der Waals surface area contributed by atoms with E-state index in [4.69, 9.17) is 0 Å². The molecule has 1 aromatic rings. The van der Waals surface area contributed by atoms with E-state index >= 15 is 0 Å². The summed E-state index contributed by atoms with van der Waals surface area (Å²) in [5.74, 6) is 1.41. The van der Waals surface area contributed by atoms with E-state index in [-0.39, 0.29) is 5.37 Å². The Morgan fingerprint density at radius 2 is 2.41 bits per heavy atom. The largest absolute Gasteiger partial charge is 0.325 e. The highest BCUT2D eigenvalue weighted by Gasteiger charge is 2.30. The van der Waals surface area contributed by atoms with Crippen molar-refractivity contribution in [3.63, 3.8) is 0 Å². The summed E-state index contributed by atoms with van der Waals surface area (Å²) in [6, 6.07) is 4.21. The highest BCUT2D eigenvalue weighted by atomic mass is 32.2. The molecule has 1 fully saturated rings. The van der Waals surface area contributed by atoms with Crippen molar-refractivity contribution >= 4 is 29.0 Å². The molecule has 0 unspecified atom stereocenters. The molecule has 17 heavy (non-hydrogen) atoms. The molecule has 0 saturated carbocycles. The summed E-state index contributed by atoms with van der Waals surface area (Å²) >= 11 is 3.65. The summed E-state index contributed by atoms with van der Waals surface area (Å²) in [4.78, 5) is 15.5. The summed E-state index contributed by atoms with van der Waals surface area (Å²) in [6.45, 7) is 3.09. The van der Waals surface area contributed by atoms with Crippen molar-refractivity contribution in [3.8, 4) is 0 Å². The van der Waals surface area contributed by atoms with Crippen LogP contribution in [0.3, 0.4) is 0 Å². The molecular weight excluding hydrogens is 250 g/mol. The van der Waals surface area contributed by atoms with Crippen molar-refractivity contribution in [1.82, 2.24) is 4.90 Å². The van der Waals surface area contributed by atoms with Gasteiger partial charge in [0.25, 0.3) is 0 Å². The molecule has 2 heterocycles. The molecule has 1 atom stereocenters. The zero-order valence-corrected chi connectivity index (χ0v) is 11.9. The van der Waals surface area contributed by atoms with Crippen molar-refractivity contribution in [2.75, 3.05) is 12.3 Å². The maximum atomic E-state index is 12.1. The molecule has 1 aromatic heterocycles. The number of thiophene rings is 1. The van der Waals surface area contributed by atoms with Crippen molar-refractivity contribution < 1.29 is 4.79 Å². The van der Waals surface area contributed by atoms with E-state index in [9.17, 15) is 4.79 Å². The molecule has 1 aliphatic heterocycles. The van der Waals surface area contributed by atoms with Gasteiger partial charge in [-0.1, -0.05) is 25.8 Å². The van der Waals surface area contributed by atoms with Crippen LogP contribution in [0, 0.1) is 0 Å². The van der Waals surface area contributed by atoms with Crippen molar-refractivity contribution in [2.24, 2.45) is 0 Å². The highest BCUT2D eigenvalue weighted by molar-refractivity contribution is 7.99. The van der Waals surface area contributed by atoms with Gasteiger partial charge in [0.2, 0.25) is 5.91 Å². The predicted molar refractivity (Wildman–Crippen MR) is 75.4 cm³/mol. The number of rotatable bonds is 5. The fourth-order valence-electron chi connectivity index (χ4n) is 2.06. The second kappa shape index (κ2) is 6.45. The van der Waals surface area contributed by atoms with Crippen LogP contribution < -0.4 is 0 Å². The maximum Gasteiger partial charge on any atom is 0.223 e. The van der Waals surface area contributed by atoms with Gasteiger partial charge in [0.05, 0.1) is 0 Å². The van der Waals surface area contributed by atoms with E-state index < -0.39 is 0 Å². The van der Waals surface area contributed by atoms with Gasteiger partial charge in [-0.05, 0) is 17.9 Å². The second-order valence-electron chi connectivity index (χ2n) is 4.28. The average molecular weight is 269 g/mol. The van der Waals surface area contributed by atoms with Crippen LogP contribution in [0.15, 0.2) is 17.5 Å². The molecule has 0 aromatic carbocycles. The number of carbonyl (C=O) groups is 1. The number of carbonyl (C=O) groups excluding carboxylic acids is 1. The van der Waals surface area contributed by atoms with Crippen LogP contribution in [-0.2, 0) is 4.79 Å². The fraction of sp³-hybridized carbons (Fsp3) is 0.615. The van der Waals surface area contributed by atoms with E-state index in [1.807, 2.05) is 11.8 Å². The topological polar surface area (TPSA) is 20.3 Å². The van der Waals surface area contributed by atoms with Crippen molar-refractivity contribution in [2.45, 2.75) is 38.0 Å². The normalized spacial score (nSPS) is 19.8. The first kappa shape index (κ1) is 13.0. The number of hydrogen-bond donors (Lipinski definition) is 0.